The Labute approximate surface area is 100 Å². The molecule has 0 aliphatic rings. The van der Waals surface area contributed by atoms with E-state index in [1.54, 1.807) is 23.5 Å². The van der Waals surface area contributed by atoms with Crippen LogP contribution in [0.5, 0.6) is 0 Å². The van der Waals surface area contributed by atoms with Crippen LogP contribution in [0.4, 0.5) is 13.2 Å². The van der Waals surface area contributed by atoms with Crippen LogP contribution >= 0.6 is 0 Å². The van der Waals surface area contributed by atoms with E-state index in [4.69, 9.17) is 5.11 Å². The highest BCUT2D eigenvalue weighted by Gasteiger charge is 2.40. The summed E-state index contributed by atoms with van der Waals surface area (Å²) in [5.74, 6) is -3.45. The number of carboxylic acids is 1. The molecule has 0 bridgehead atoms. The van der Waals surface area contributed by atoms with Crippen molar-refractivity contribution in [1.82, 2.24) is 5.32 Å². The molecule has 0 saturated heterocycles. The topological polar surface area (TPSA) is 66.4 Å². The molecule has 1 unspecified atom stereocenters. The molecule has 0 aromatic heterocycles. The van der Waals surface area contributed by atoms with Gasteiger partial charge in [0.05, 0.1) is 12.5 Å². The molecule has 1 aromatic rings. The van der Waals surface area contributed by atoms with E-state index in [1.165, 1.54) is 12.1 Å². The summed E-state index contributed by atoms with van der Waals surface area (Å²) in [6.07, 6.45) is -5.66. The average Bonchev–Trinajstić information content (AvgIpc) is 2.27. The lowest BCUT2D eigenvalue weighted by molar-refractivity contribution is -0.174. The summed E-state index contributed by atoms with van der Waals surface area (Å²) in [7, 11) is 0. The van der Waals surface area contributed by atoms with E-state index in [0.29, 0.717) is 5.56 Å². The second kappa shape index (κ2) is 5.52. The van der Waals surface area contributed by atoms with Crippen molar-refractivity contribution in [3.63, 3.8) is 0 Å². The second-order valence-electron chi connectivity index (χ2n) is 3.53. The van der Waals surface area contributed by atoms with Gasteiger partial charge in [-0.2, -0.15) is 13.2 Å². The Kier molecular flexibility index (Phi) is 4.30. The molecule has 0 heterocycles. The molecule has 1 atom stereocenters. The number of carbonyl (C=O) groups is 2. The lowest BCUT2D eigenvalue weighted by Gasteiger charge is -2.18. The summed E-state index contributed by atoms with van der Waals surface area (Å²) in [6, 6.07) is 6.41. The molecule has 7 heteroatoms. The van der Waals surface area contributed by atoms with Gasteiger partial charge in [0.2, 0.25) is 0 Å². The van der Waals surface area contributed by atoms with Crippen molar-refractivity contribution < 1.29 is 27.9 Å². The minimum Gasteiger partial charge on any atom is -0.481 e. The van der Waals surface area contributed by atoms with Crippen LogP contribution in [-0.4, -0.2) is 23.2 Å². The predicted molar refractivity (Wildman–Crippen MR) is 55.6 cm³/mol. The largest absolute Gasteiger partial charge is 0.481 e. The maximum absolute atomic E-state index is 12.1. The van der Waals surface area contributed by atoms with E-state index in [-0.39, 0.29) is 0 Å². The maximum Gasteiger partial charge on any atom is 0.471 e. The van der Waals surface area contributed by atoms with Crippen molar-refractivity contribution in [3.8, 4) is 0 Å². The van der Waals surface area contributed by atoms with Gasteiger partial charge in [-0.25, -0.2) is 0 Å². The molecule has 1 rings (SSSR count). The first-order chi connectivity index (χ1) is 8.30. The molecule has 98 valence electrons. The highest BCUT2D eigenvalue weighted by atomic mass is 19.4. The third-order valence-electron chi connectivity index (χ3n) is 2.14. The van der Waals surface area contributed by atoms with Gasteiger partial charge in [-0.1, -0.05) is 30.3 Å². The number of carboxylic acid groups (broad SMARTS) is 1. The van der Waals surface area contributed by atoms with Crippen molar-refractivity contribution in [3.05, 3.63) is 35.9 Å². The minimum absolute atomic E-state index is 0.303. The number of carbonyl (C=O) groups excluding carboxylic acids is 1. The normalized spacial score (nSPS) is 12.8. The fraction of sp³-hybridized carbons (Fsp3) is 0.273. The van der Waals surface area contributed by atoms with E-state index >= 15 is 0 Å². The summed E-state index contributed by atoms with van der Waals surface area (Å²) in [5, 5.41) is 10.3. The van der Waals surface area contributed by atoms with Crippen molar-refractivity contribution in [2.45, 2.75) is 18.6 Å². The van der Waals surface area contributed by atoms with Gasteiger partial charge in [0.15, 0.2) is 0 Å². The SMILES string of the molecule is O=C(O)CC(NC(=O)C(F)(F)F)c1ccccc1. The van der Waals surface area contributed by atoms with Crippen molar-refractivity contribution in [2.24, 2.45) is 0 Å². The zero-order valence-electron chi connectivity index (χ0n) is 9.07. The molecule has 1 aromatic carbocycles. The first-order valence-electron chi connectivity index (χ1n) is 4.95. The summed E-state index contributed by atoms with van der Waals surface area (Å²) in [5.41, 5.74) is 0.303. The highest BCUT2D eigenvalue weighted by molar-refractivity contribution is 5.82. The zero-order chi connectivity index (χ0) is 13.8. The Balaban J connectivity index is 2.87. The Morgan fingerprint density at radius 1 is 1.22 bits per heavy atom. The molecular weight excluding hydrogens is 251 g/mol. The minimum atomic E-state index is -5.04. The van der Waals surface area contributed by atoms with Gasteiger partial charge in [-0.05, 0) is 5.56 Å². The third kappa shape index (κ3) is 4.08. The molecule has 0 saturated carbocycles. The first kappa shape index (κ1) is 14.0. The number of hydrogen-bond donors (Lipinski definition) is 2. The fourth-order valence-electron chi connectivity index (χ4n) is 1.35. The lowest BCUT2D eigenvalue weighted by atomic mass is 10.0. The molecular formula is C11H10F3NO3. The first-order valence-corrected chi connectivity index (χ1v) is 4.95. The van der Waals surface area contributed by atoms with Gasteiger partial charge in [-0.3, -0.25) is 9.59 Å². The van der Waals surface area contributed by atoms with E-state index < -0.39 is 30.5 Å². The van der Waals surface area contributed by atoms with Gasteiger partial charge in [0.25, 0.3) is 0 Å². The van der Waals surface area contributed by atoms with Crippen LogP contribution in [0.1, 0.15) is 18.0 Å². The Hall–Kier alpha value is -2.05. The number of nitrogens with one attached hydrogen (secondary N) is 1. The Bertz CT molecular complexity index is 431. The second-order valence-corrected chi connectivity index (χ2v) is 3.53. The maximum atomic E-state index is 12.1. The molecule has 0 radical (unpaired) electrons. The standard InChI is InChI=1S/C11H10F3NO3/c12-11(13,14)10(18)15-8(6-9(16)17)7-4-2-1-3-5-7/h1-5,8H,6H2,(H,15,18)(H,16,17). The van der Waals surface area contributed by atoms with Gasteiger partial charge in [0.1, 0.15) is 0 Å². The van der Waals surface area contributed by atoms with Gasteiger partial charge in [0, 0.05) is 0 Å². The van der Waals surface area contributed by atoms with Gasteiger partial charge in [-0.15, -0.1) is 0 Å². The number of amides is 1. The number of halogens is 3. The number of hydrogen-bond acceptors (Lipinski definition) is 2. The molecule has 4 nitrogen and oxygen atoms in total. The average molecular weight is 261 g/mol. The summed E-state index contributed by atoms with van der Waals surface area (Å²) >= 11 is 0. The van der Waals surface area contributed by atoms with Crippen LogP contribution in [0.25, 0.3) is 0 Å². The van der Waals surface area contributed by atoms with Crippen LogP contribution in [0.15, 0.2) is 30.3 Å². The quantitative estimate of drug-likeness (QED) is 0.869. The monoisotopic (exact) mass is 261 g/mol. The molecule has 1 amide bonds. The highest BCUT2D eigenvalue weighted by Crippen LogP contribution is 2.20. The van der Waals surface area contributed by atoms with Gasteiger partial charge >= 0.3 is 18.1 Å². The van der Waals surface area contributed by atoms with Crippen LogP contribution < -0.4 is 5.32 Å². The van der Waals surface area contributed by atoms with Crippen LogP contribution in [-0.2, 0) is 9.59 Å². The van der Waals surface area contributed by atoms with Crippen LogP contribution in [0.3, 0.4) is 0 Å². The molecule has 18 heavy (non-hydrogen) atoms. The number of benzene rings is 1. The molecule has 0 spiro atoms. The summed E-state index contributed by atoms with van der Waals surface area (Å²) < 4.78 is 36.3. The van der Waals surface area contributed by atoms with E-state index in [9.17, 15) is 22.8 Å². The van der Waals surface area contributed by atoms with Crippen molar-refractivity contribution in [2.75, 3.05) is 0 Å². The third-order valence-corrected chi connectivity index (χ3v) is 2.14. The zero-order valence-corrected chi connectivity index (χ0v) is 9.07. The number of alkyl halides is 3. The van der Waals surface area contributed by atoms with Crippen molar-refractivity contribution in [1.29, 1.82) is 0 Å². The van der Waals surface area contributed by atoms with Crippen LogP contribution in [0.2, 0.25) is 0 Å². The summed E-state index contributed by atoms with van der Waals surface area (Å²) in [6.45, 7) is 0. The van der Waals surface area contributed by atoms with E-state index in [2.05, 4.69) is 0 Å². The summed E-state index contributed by atoms with van der Waals surface area (Å²) in [4.78, 5) is 21.4. The van der Waals surface area contributed by atoms with Crippen molar-refractivity contribution >= 4 is 11.9 Å². The van der Waals surface area contributed by atoms with E-state index in [1.807, 2.05) is 0 Å². The predicted octanol–water partition coefficient (Wildman–Crippen LogP) is 1.88. The Morgan fingerprint density at radius 2 is 1.78 bits per heavy atom. The molecule has 0 fully saturated rings. The lowest BCUT2D eigenvalue weighted by Crippen LogP contribution is -2.39. The molecule has 2 N–H and O–H groups in total. The fourth-order valence-corrected chi connectivity index (χ4v) is 1.35. The Morgan fingerprint density at radius 3 is 2.22 bits per heavy atom. The van der Waals surface area contributed by atoms with Crippen LogP contribution in [0, 0.1) is 0 Å². The molecule has 0 aliphatic carbocycles. The van der Waals surface area contributed by atoms with Gasteiger partial charge < -0.3 is 10.4 Å². The number of rotatable bonds is 4. The smallest absolute Gasteiger partial charge is 0.471 e. The molecule has 0 aliphatic heterocycles. The van der Waals surface area contributed by atoms with E-state index in [0.717, 1.165) is 0 Å². The number of aliphatic carboxylic acids is 1.